The van der Waals surface area contributed by atoms with E-state index in [-0.39, 0.29) is 11.9 Å². The van der Waals surface area contributed by atoms with Gasteiger partial charge in [-0.15, -0.1) is 0 Å². The summed E-state index contributed by atoms with van der Waals surface area (Å²) < 4.78 is 0. The van der Waals surface area contributed by atoms with Crippen LogP contribution in [-0.2, 0) is 16.2 Å². The van der Waals surface area contributed by atoms with E-state index in [9.17, 15) is 4.79 Å². The zero-order chi connectivity index (χ0) is 11.8. The van der Waals surface area contributed by atoms with Crippen LogP contribution in [0.5, 0.6) is 0 Å². The van der Waals surface area contributed by atoms with Gasteiger partial charge in [0.2, 0.25) is 5.91 Å². The van der Waals surface area contributed by atoms with Gasteiger partial charge in [0.15, 0.2) is 0 Å². The van der Waals surface area contributed by atoms with Crippen LogP contribution >= 0.6 is 0 Å². The average molecular weight is 222 g/mol. The van der Waals surface area contributed by atoms with Gasteiger partial charge in [-0.25, -0.2) is 5.48 Å². The van der Waals surface area contributed by atoms with E-state index in [1.54, 1.807) is 0 Å². The van der Waals surface area contributed by atoms with Gasteiger partial charge in [0.1, 0.15) is 0 Å². The third-order valence-electron chi connectivity index (χ3n) is 2.24. The number of nitrogens with one attached hydrogen (secondary N) is 1. The summed E-state index contributed by atoms with van der Waals surface area (Å²) >= 11 is 0. The summed E-state index contributed by atoms with van der Waals surface area (Å²) in [6, 6.07) is 9.55. The second kappa shape index (κ2) is 6.98. The third-order valence-corrected chi connectivity index (χ3v) is 2.24. The van der Waals surface area contributed by atoms with Gasteiger partial charge in [-0.3, -0.25) is 9.63 Å². The van der Waals surface area contributed by atoms with E-state index in [1.165, 1.54) is 0 Å². The van der Waals surface area contributed by atoms with Gasteiger partial charge in [0.05, 0.1) is 6.61 Å². The van der Waals surface area contributed by atoms with Crippen molar-refractivity contribution in [2.45, 2.75) is 32.4 Å². The molecule has 0 saturated carbocycles. The summed E-state index contributed by atoms with van der Waals surface area (Å²) in [4.78, 5) is 16.4. The molecule has 1 unspecified atom stereocenters. The Morgan fingerprint density at radius 3 is 2.75 bits per heavy atom. The fourth-order valence-corrected chi connectivity index (χ4v) is 1.20. The quantitative estimate of drug-likeness (QED) is 0.714. The molecule has 0 bridgehead atoms. The Labute approximate surface area is 95.7 Å². The number of carbonyl (C=O) groups excluding carboxylic acids is 1. The molecule has 4 heteroatoms. The highest BCUT2D eigenvalue weighted by Gasteiger charge is 2.06. The number of rotatable bonds is 6. The predicted molar refractivity (Wildman–Crippen MR) is 62.3 cm³/mol. The highest BCUT2D eigenvalue weighted by Crippen LogP contribution is 1.99. The first-order valence-corrected chi connectivity index (χ1v) is 5.42. The number of benzene rings is 1. The zero-order valence-electron chi connectivity index (χ0n) is 9.48. The van der Waals surface area contributed by atoms with Crippen LogP contribution in [0.2, 0.25) is 0 Å². The molecular weight excluding hydrogens is 204 g/mol. The summed E-state index contributed by atoms with van der Waals surface area (Å²) in [6.07, 6.45) is 1.08. The summed E-state index contributed by atoms with van der Waals surface area (Å²) in [5.74, 6) is -0.176. The maximum absolute atomic E-state index is 11.3. The molecule has 1 aromatic rings. The standard InChI is InChI=1S/C12H18N2O2/c1-2-11(13)8-12(15)14-16-9-10-6-4-3-5-7-10/h3-7,11H,2,8-9,13H2,1H3,(H,14,15). The number of hydrogen-bond donors (Lipinski definition) is 2. The highest BCUT2D eigenvalue weighted by molar-refractivity contribution is 5.75. The van der Waals surface area contributed by atoms with Crippen molar-refractivity contribution in [2.75, 3.05) is 0 Å². The molecular formula is C12H18N2O2. The first-order chi connectivity index (χ1) is 7.72. The molecule has 1 amide bonds. The number of carbonyl (C=O) groups is 1. The second-order valence-electron chi connectivity index (χ2n) is 3.67. The van der Waals surface area contributed by atoms with Crippen LogP contribution in [0.4, 0.5) is 0 Å². The van der Waals surface area contributed by atoms with E-state index >= 15 is 0 Å². The largest absolute Gasteiger partial charge is 0.327 e. The molecule has 0 aliphatic carbocycles. The number of hydrogen-bond acceptors (Lipinski definition) is 3. The predicted octanol–water partition coefficient (Wildman–Crippen LogP) is 1.36. The van der Waals surface area contributed by atoms with Gasteiger partial charge in [0.25, 0.3) is 0 Å². The molecule has 0 aliphatic heterocycles. The Morgan fingerprint density at radius 2 is 2.12 bits per heavy atom. The van der Waals surface area contributed by atoms with Gasteiger partial charge in [-0.2, -0.15) is 0 Å². The smallest absolute Gasteiger partial charge is 0.245 e. The third kappa shape index (κ3) is 4.91. The number of nitrogens with two attached hydrogens (primary N) is 1. The van der Waals surface area contributed by atoms with Crippen molar-refractivity contribution in [2.24, 2.45) is 5.73 Å². The molecule has 0 aromatic heterocycles. The van der Waals surface area contributed by atoms with Gasteiger partial charge < -0.3 is 5.73 Å². The Kier molecular flexibility index (Phi) is 5.53. The first kappa shape index (κ1) is 12.7. The Hall–Kier alpha value is -1.39. The molecule has 0 heterocycles. The van der Waals surface area contributed by atoms with Crippen molar-refractivity contribution < 1.29 is 9.63 Å². The van der Waals surface area contributed by atoms with Crippen molar-refractivity contribution in [3.63, 3.8) is 0 Å². The van der Waals surface area contributed by atoms with E-state index < -0.39 is 0 Å². The molecule has 16 heavy (non-hydrogen) atoms. The van der Waals surface area contributed by atoms with E-state index in [1.807, 2.05) is 37.3 Å². The molecule has 0 radical (unpaired) electrons. The molecule has 1 rings (SSSR count). The summed E-state index contributed by atoms with van der Waals surface area (Å²) in [5, 5.41) is 0. The lowest BCUT2D eigenvalue weighted by Gasteiger charge is -2.09. The molecule has 0 aliphatic rings. The Morgan fingerprint density at radius 1 is 1.44 bits per heavy atom. The average Bonchev–Trinajstić information content (AvgIpc) is 2.30. The van der Waals surface area contributed by atoms with Gasteiger partial charge in [0, 0.05) is 12.5 Å². The zero-order valence-corrected chi connectivity index (χ0v) is 9.48. The van der Waals surface area contributed by atoms with Crippen molar-refractivity contribution in [1.29, 1.82) is 0 Å². The van der Waals surface area contributed by atoms with Crippen molar-refractivity contribution in [3.05, 3.63) is 35.9 Å². The fourth-order valence-electron chi connectivity index (χ4n) is 1.20. The Bertz CT molecular complexity index is 314. The summed E-state index contributed by atoms with van der Waals surface area (Å²) in [7, 11) is 0. The van der Waals surface area contributed by atoms with E-state index in [0.29, 0.717) is 13.0 Å². The van der Waals surface area contributed by atoms with E-state index in [2.05, 4.69) is 5.48 Å². The minimum atomic E-state index is -0.176. The van der Waals surface area contributed by atoms with Crippen LogP contribution in [0.15, 0.2) is 30.3 Å². The minimum Gasteiger partial charge on any atom is -0.327 e. The molecule has 0 fully saturated rings. The molecule has 1 aromatic carbocycles. The Balaban J connectivity index is 2.18. The van der Waals surface area contributed by atoms with Crippen molar-refractivity contribution in [3.8, 4) is 0 Å². The lowest BCUT2D eigenvalue weighted by atomic mass is 10.2. The maximum atomic E-state index is 11.3. The lowest BCUT2D eigenvalue weighted by Crippen LogP contribution is -2.31. The van der Waals surface area contributed by atoms with Crippen LogP contribution in [-0.4, -0.2) is 11.9 Å². The molecule has 88 valence electrons. The monoisotopic (exact) mass is 222 g/mol. The van der Waals surface area contributed by atoms with Crippen molar-refractivity contribution in [1.82, 2.24) is 5.48 Å². The van der Waals surface area contributed by atoms with E-state index in [4.69, 9.17) is 10.6 Å². The molecule has 4 nitrogen and oxygen atoms in total. The maximum Gasteiger partial charge on any atom is 0.245 e. The van der Waals surface area contributed by atoms with Gasteiger partial charge >= 0.3 is 0 Å². The highest BCUT2D eigenvalue weighted by atomic mass is 16.6. The van der Waals surface area contributed by atoms with Crippen LogP contribution in [0, 0.1) is 0 Å². The molecule has 1 atom stereocenters. The molecule has 0 spiro atoms. The SMILES string of the molecule is CCC(N)CC(=O)NOCc1ccccc1. The van der Waals surface area contributed by atoms with Crippen LogP contribution in [0.1, 0.15) is 25.3 Å². The van der Waals surface area contributed by atoms with Crippen LogP contribution in [0.3, 0.4) is 0 Å². The first-order valence-electron chi connectivity index (χ1n) is 5.42. The lowest BCUT2D eigenvalue weighted by molar-refractivity contribution is -0.134. The normalized spacial score (nSPS) is 12.1. The number of hydroxylamine groups is 1. The van der Waals surface area contributed by atoms with Crippen LogP contribution < -0.4 is 11.2 Å². The van der Waals surface area contributed by atoms with E-state index in [0.717, 1.165) is 12.0 Å². The molecule has 3 N–H and O–H groups in total. The summed E-state index contributed by atoms with van der Waals surface area (Å²) in [5.41, 5.74) is 9.03. The number of amides is 1. The van der Waals surface area contributed by atoms with Crippen LogP contribution in [0.25, 0.3) is 0 Å². The fraction of sp³-hybridized carbons (Fsp3) is 0.417. The van der Waals surface area contributed by atoms with Crippen molar-refractivity contribution >= 4 is 5.91 Å². The summed E-state index contributed by atoms with van der Waals surface area (Å²) in [6.45, 7) is 2.32. The molecule has 0 saturated heterocycles. The van der Waals surface area contributed by atoms with Gasteiger partial charge in [-0.05, 0) is 12.0 Å². The van der Waals surface area contributed by atoms with Gasteiger partial charge in [-0.1, -0.05) is 37.3 Å². The topological polar surface area (TPSA) is 64.4 Å². The minimum absolute atomic E-state index is 0.0969. The second-order valence-corrected chi connectivity index (χ2v) is 3.67.